The molecule has 0 spiro atoms. The summed E-state index contributed by atoms with van der Waals surface area (Å²) in [7, 11) is 0. The Kier molecular flexibility index (Phi) is 4.55. The number of nitrogens with zero attached hydrogens (tertiary/aromatic N) is 1. The maximum Gasteiger partial charge on any atom is 0.125 e. The van der Waals surface area contributed by atoms with Gasteiger partial charge in [-0.25, -0.2) is 4.39 Å². The Morgan fingerprint density at radius 3 is 3.00 bits per heavy atom. The van der Waals surface area contributed by atoms with E-state index in [1.54, 1.807) is 12.1 Å². The van der Waals surface area contributed by atoms with Crippen molar-refractivity contribution >= 4 is 5.69 Å². The van der Waals surface area contributed by atoms with Crippen molar-refractivity contribution in [3.8, 4) is 0 Å². The monoisotopic (exact) mass is 252 g/mol. The Balaban J connectivity index is 2.23. The Labute approximate surface area is 108 Å². The molecule has 1 aliphatic heterocycles. The quantitative estimate of drug-likeness (QED) is 0.858. The molecule has 0 bridgehead atoms. The standard InChI is InChI=1S/C14H21FN2O/c1-11-8-16-9-14(5-6-18)17(10-11)13-4-2-3-12(15)7-13/h2-4,7,11,14,16,18H,5-6,8-10H2,1H3. The Morgan fingerprint density at radius 2 is 2.28 bits per heavy atom. The van der Waals surface area contributed by atoms with E-state index in [0.717, 1.165) is 25.3 Å². The van der Waals surface area contributed by atoms with E-state index in [2.05, 4.69) is 17.1 Å². The topological polar surface area (TPSA) is 35.5 Å². The van der Waals surface area contributed by atoms with Crippen molar-refractivity contribution in [1.29, 1.82) is 0 Å². The van der Waals surface area contributed by atoms with E-state index in [1.807, 2.05) is 6.07 Å². The van der Waals surface area contributed by atoms with Crippen LogP contribution in [0.4, 0.5) is 10.1 Å². The summed E-state index contributed by atoms with van der Waals surface area (Å²) in [6, 6.07) is 6.93. The minimum absolute atomic E-state index is 0.159. The molecule has 1 aliphatic rings. The van der Waals surface area contributed by atoms with E-state index in [1.165, 1.54) is 6.07 Å². The summed E-state index contributed by atoms with van der Waals surface area (Å²) in [5.74, 6) is 0.303. The first-order chi connectivity index (χ1) is 8.70. The number of anilines is 1. The molecule has 1 aromatic carbocycles. The van der Waals surface area contributed by atoms with Gasteiger partial charge in [0.15, 0.2) is 0 Å². The molecule has 1 fully saturated rings. The van der Waals surface area contributed by atoms with Crippen LogP contribution in [0.15, 0.2) is 24.3 Å². The fraction of sp³-hybridized carbons (Fsp3) is 0.571. The van der Waals surface area contributed by atoms with E-state index in [-0.39, 0.29) is 18.5 Å². The average molecular weight is 252 g/mol. The molecule has 0 saturated carbocycles. The molecule has 0 aromatic heterocycles. The van der Waals surface area contributed by atoms with E-state index in [4.69, 9.17) is 5.11 Å². The van der Waals surface area contributed by atoms with E-state index >= 15 is 0 Å². The van der Waals surface area contributed by atoms with Gasteiger partial charge >= 0.3 is 0 Å². The maximum atomic E-state index is 13.3. The second-order valence-corrected chi connectivity index (χ2v) is 5.06. The van der Waals surface area contributed by atoms with Crippen molar-refractivity contribution in [2.45, 2.75) is 19.4 Å². The van der Waals surface area contributed by atoms with Crippen molar-refractivity contribution in [1.82, 2.24) is 5.32 Å². The number of rotatable bonds is 3. The van der Waals surface area contributed by atoms with Crippen molar-refractivity contribution < 1.29 is 9.50 Å². The lowest BCUT2D eigenvalue weighted by Crippen LogP contribution is -2.41. The second-order valence-electron chi connectivity index (χ2n) is 5.06. The third kappa shape index (κ3) is 3.21. The summed E-state index contributed by atoms with van der Waals surface area (Å²) in [6.07, 6.45) is 0.705. The number of aliphatic hydroxyl groups excluding tert-OH is 1. The Morgan fingerprint density at radius 1 is 1.44 bits per heavy atom. The van der Waals surface area contributed by atoms with Gasteiger partial charge < -0.3 is 15.3 Å². The molecule has 1 heterocycles. The zero-order chi connectivity index (χ0) is 13.0. The normalized spacial score (nSPS) is 24.9. The molecule has 2 unspecified atom stereocenters. The first-order valence-electron chi connectivity index (χ1n) is 6.54. The van der Waals surface area contributed by atoms with Crippen LogP contribution in [0.1, 0.15) is 13.3 Å². The van der Waals surface area contributed by atoms with E-state index in [9.17, 15) is 4.39 Å². The van der Waals surface area contributed by atoms with Gasteiger partial charge in [-0.05, 0) is 37.1 Å². The molecule has 0 radical (unpaired) electrons. The summed E-state index contributed by atoms with van der Waals surface area (Å²) >= 11 is 0. The lowest BCUT2D eigenvalue weighted by Gasteiger charge is -2.32. The fourth-order valence-electron chi connectivity index (χ4n) is 2.53. The lowest BCUT2D eigenvalue weighted by molar-refractivity contribution is 0.272. The average Bonchev–Trinajstić information content (AvgIpc) is 2.52. The highest BCUT2D eigenvalue weighted by molar-refractivity contribution is 5.48. The molecule has 3 nitrogen and oxygen atoms in total. The largest absolute Gasteiger partial charge is 0.396 e. The molecule has 0 aliphatic carbocycles. The Bertz CT molecular complexity index is 386. The zero-order valence-corrected chi connectivity index (χ0v) is 10.8. The van der Waals surface area contributed by atoms with Crippen LogP contribution in [0.5, 0.6) is 0 Å². The van der Waals surface area contributed by atoms with Crippen LogP contribution in [0.2, 0.25) is 0 Å². The molecule has 18 heavy (non-hydrogen) atoms. The molecule has 1 aromatic rings. The van der Waals surface area contributed by atoms with Crippen molar-refractivity contribution in [2.75, 3.05) is 31.1 Å². The summed E-state index contributed by atoms with van der Waals surface area (Å²) < 4.78 is 13.3. The van der Waals surface area contributed by atoms with Crippen LogP contribution in [-0.2, 0) is 0 Å². The van der Waals surface area contributed by atoms with Crippen LogP contribution in [-0.4, -0.2) is 37.4 Å². The van der Waals surface area contributed by atoms with Crippen LogP contribution < -0.4 is 10.2 Å². The fourth-order valence-corrected chi connectivity index (χ4v) is 2.53. The SMILES string of the molecule is CC1CNCC(CCO)N(c2cccc(F)c2)C1. The maximum absolute atomic E-state index is 13.3. The second kappa shape index (κ2) is 6.16. The van der Waals surface area contributed by atoms with Crippen LogP contribution >= 0.6 is 0 Å². The number of nitrogens with one attached hydrogen (secondary N) is 1. The molecular formula is C14H21FN2O. The molecule has 1 saturated heterocycles. The van der Waals surface area contributed by atoms with E-state index in [0.29, 0.717) is 12.3 Å². The number of halogens is 1. The van der Waals surface area contributed by atoms with Crippen LogP contribution in [0.25, 0.3) is 0 Å². The Hall–Kier alpha value is -1.13. The molecule has 2 N–H and O–H groups in total. The van der Waals surface area contributed by atoms with Gasteiger partial charge in [0.2, 0.25) is 0 Å². The summed E-state index contributed by atoms with van der Waals surface area (Å²) in [6.45, 7) is 5.03. The minimum Gasteiger partial charge on any atom is -0.396 e. The number of benzene rings is 1. The summed E-state index contributed by atoms with van der Waals surface area (Å²) in [4.78, 5) is 2.21. The zero-order valence-electron chi connectivity index (χ0n) is 10.8. The van der Waals surface area contributed by atoms with Gasteiger partial charge in [0.1, 0.15) is 5.82 Å². The minimum atomic E-state index is -0.208. The summed E-state index contributed by atoms with van der Waals surface area (Å²) in [5.41, 5.74) is 0.906. The van der Waals surface area contributed by atoms with Gasteiger partial charge in [-0.1, -0.05) is 13.0 Å². The van der Waals surface area contributed by atoms with Gasteiger partial charge in [-0.15, -0.1) is 0 Å². The van der Waals surface area contributed by atoms with Gasteiger partial charge in [-0.3, -0.25) is 0 Å². The van der Waals surface area contributed by atoms with Crippen LogP contribution in [0.3, 0.4) is 0 Å². The third-order valence-corrected chi connectivity index (χ3v) is 3.42. The van der Waals surface area contributed by atoms with Gasteiger partial charge in [0.05, 0.1) is 0 Å². The van der Waals surface area contributed by atoms with E-state index < -0.39 is 0 Å². The van der Waals surface area contributed by atoms with Crippen molar-refractivity contribution in [3.63, 3.8) is 0 Å². The van der Waals surface area contributed by atoms with Gasteiger partial charge in [0, 0.05) is 31.4 Å². The highest BCUT2D eigenvalue weighted by Crippen LogP contribution is 2.22. The summed E-state index contributed by atoms with van der Waals surface area (Å²) in [5, 5.41) is 12.6. The van der Waals surface area contributed by atoms with Crippen molar-refractivity contribution in [3.05, 3.63) is 30.1 Å². The van der Waals surface area contributed by atoms with Gasteiger partial charge in [-0.2, -0.15) is 0 Å². The molecule has 2 atom stereocenters. The number of aliphatic hydroxyl groups is 1. The number of hydrogen-bond acceptors (Lipinski definition) is 3. The number of hydrogen-bond donors (Lipinski definition) is 2. The predicted octanol–water partition coefficient (Wildman–Crippen LogP) is 1.62. The molecule has 4 heteroatoms. The molecule has 0 amide bonds. The third-order valence-electron chi connectivity index (χ3n) is 3.42. The molecular weight excluding hydrogens is 231 g/mol. The predicted molar refractivity (Wildman–Crippen MR) is 71.3 cm³/mol. The smallest absolute Gasteiger partial charge is 0.125 e. The van der Waals surface area contributed by atoms with Crippen molar-refractivity contribution in [2.24, 2.45) is 5.92 Å². The lowest BCUT2D eigenvalue weighted by atomic mass is 10.1. The molecule has 2 rings (SSSR count). The highest BCUT2D eigenvalue weighted by atomic mass is 19.1. The van der Waals surface area contributed by atoms with Crippen LogP contribution in [0, 0.1) is 11.7 Å². The first-order valence-corrected chi connectivity index (χ1v) is 6.54. The highest BCUT2D eigenvalue weighted by Gasteiger charge is 2.23. The first kappa shape index (κ1) is 13.3. The van der Waals surface area contributed by atoms with Gasteiger partial charge in [0.25, 0.3) is 0 Å². The molecule has 100 valence electrons.